The van der Waals surface area contributed by atoms with Crippen LogP contribution in [-0.4, -0.2) is 42.1 Å². The van der Waals surface area contributed by atoms with Gasteiger partial charge in [0.2, 0.25) is 0 Å². The van der Waals surface area contributed by atoms with Crippen molar-refractivity contribution in [1.82, 2.24) is 5.32 Å². The van der Waals surface area contributed by atoms with Gasteiger partial charge in [0, 0.05) is 12.2 Å². The van der Waals surface area contributed by atoms with E-state index in [1.54, 1.807) is 11.8 Å². The van der Waals surface area contributed by atoms with Crippen LogP contribution in [0, 0.1) is 13.8 Å². The summed E-state index contributed by atoms with van der Waals surface area (Å²) in [4.78, 5) is 24.7. The zero-order valence-electron chi connectivity index (χ0n) is 13.6. The molecule has 1 amide bonds. The number of fused-ring (bicyclic) bond motifs is 1. The summed E-state index contributed by atoms with van der Waals surface area (Å²) < 4.78 is 10.7. The van der Waals surface area contributed by atoms with E-state index in [0.717, 1.165) is 22.6 Å². The van der Waals surface area contributed by atoms with E-state index in [0.29, 0.717) is 18.6 Å². The van der Waals surface area contributed by atoms with Crippen LogP contribution >= 0.6 is 11.8 Å². The number of carbonyl (C=O) groups is 2. The Hall–Kier alpha value is -1.69. The van der Waals surface area contributed by atoms with Crippen LogP contribution in [0.5, 0.6) is 5.75 Å². The first-order valence-corrected chi connectivity index (χ1v) is 8.85. The second-order valence-electron chi connectivity index (χ2n) is 6.22. The Morgan fingerprint density at radius 2 is 2.09 bits per heavy atom. The molecule has 2 unspecified atom stereocenters. The van der Waals surface area contributed by atoms with Crippen LogP contribution in [0.4, 0.5) is 0 Å². The summed E-state index contributed by atoms with van der Waals surface area (Å²) in [5.41, 5.74) is 2.45. The third-order valence-corrected chi connectivity index (χ3v) is 5.79. The summed E-state index contributed by atoms with van der Waals surface area (Å²) in [5, 5.41) is 2.89. The zero-order valence-corrected chi connectivity index (χ0v) is 14.4. The molecule has 0 aromatic heterocycles. The second kappa shape index (κ2) is 6.07. The number of ether oxygens (including phenoxy) is 2. The van der Waals surface area contributed by atoms with Gasteiger partial charge in [-0.2, -0.15) is 11.8 Å². The molecule has 1 saturated heterocycles. The van der Waals surface area contributed by atoms with Gasteiger partial charge in [-0.15, -0.1) is 0 Å². The predicted molar refractivity (Wildman–Crippen MR) is 88.9 cm³/mol. The van der Waals surface area contributed by atoms with Crippen molar-refractivity contribution in [3.05, 3.63) is 28.8 Å². The number of rotatable bonds is 3. The number of hydrogen-bond acceptors (Lipinski definition) is 5. The molecular formula is C17H21NO4S. The normalized spacial score (nSPS) is 25.6. The molecule has 2 atom stereocenters. The molecule has 124 valence electrons. The second-order valence-corrected chi connectivity index (χ2v) is 7.33. The predicted octanol–water partition coefficient (Wildman–Crippen LogP) is 1.77. The number of carbonyl (C=O) groups excluding carboxylic acids is 2. The number of aryl methyl sites for hydroxylation is 2. The van der Waals surface area contributed by atoms with Crippen LogP contribution in [0.15, 0.2) is 12.1 Å². The number of esters is 1. The molecule has 0 aliphatic carbocycles. The van der Waals surface area contributed by atoms with Gasteiger partial charge in [-0.05, 0) is 48.8 Å². The minimum atomic E-state index is -0.916. The average molecular weight is 335 g/mol. The lowest BCUT2D eigenvalue weighted by molar-refractivity contribution is -0.150. The standard InChI is InChI=1S/C17H21NO4S/c1-10-6-12-8-14(22-13(12)7-11(10)2)15(19)18-17(16(20)21-3)4-5-23-9-17/h6-7,14H,4-5,8-9H2,1-3H3,(H,18,19). The van der Waals surface area contributed by atoms with Crippen molar-refractivity contribution in [2.45, 2.75) is 38.3 Å². The van der Waals surface area contributed by atoms with Crippen LogP contribution in [0.25, 0.3) is 0 Å². The van der Waals surface area contributed by atoms with Gasteiger partial charge in [0.05, 0.1) is 7.11 Å². The van der Waals surface area contributed by atoms with E-state index in [-0.39, 0.29) is 11.9 Å². The van der Waals surface area contributed by atoms with E-state index < -0.39 is 11.6 Å². The fourth-order valence-corrected chi connectivity index (χ4v) is 4.37. The Balaban J connectivity index is 1.74. The Bertz CT molecular complexity index is 621. The summed E-state index contributed by atoms with van der Waals surface area (Å²) in [6.07, 6.45) is 0.541. The summed E-state index contributed by atoms with van der Waals surface area (Å²) in [6.45, 7) is 4.07. The third kappa shape index (κ3) is 2.92. The number of benzene rings is 1. The molecule has 0 radical (unpaired) electrons. The highest BCUT2D eigenvalue weighted by atomic mass is 32.2. The van der Waals surface area contributed by atoms with Crippen LogP contribution in [0.3, 0.4) is 0 Å². The van der Waals surface area contributed by atoms with Crippen molar-refractivity contribution >= 4 is 23.6 Å². The fourth-order valence-electron chi connectivity index (χ4n) is 3.05. The van der Waals surface area contributed by atoms with E-state index in [4.69, 9.17) is 9.47 Å². The van der Waals surface area contributed by atoms with Gasteiger partial charge >= 0.3 is 5.97 Å². The lowest BCUT2D eigenvalue weighted by Gasteiger charge is -2.27. The Kier molecular flexibility index (Phi) is 4.27. The van der Waals surface area contributed by atoms with Gasteiger partial charge in [-0.1, -0.05) is 6.07 Å². The van der Waals surface area contributed by atoms with Crippen molar-refractivity contribution in [3.63, 3.8) is 0 Å². The van der Waals surface area contributed by atoms with Gasteiger partial charge in [-0.25, -0.2) is 4.79 Å². The van der Waals surface area contributed by atoms with E-state index in [9.17, 15) is 9.59 Å². The molecule has 1 aromatic rings. The molecule has 23 heavy (non-hydrogen) atoms. The number of nitrogens with one attached hydrogen (secondary N) is 1. The molecular weight excluding hydrogens is 314 g/mol. The fraction of sp³-hybridized carbons (Fsp3) is 0.529. The van der Waals surface area contributed by atoms with Crippen molar-refractivity contribution in [1.29, 1.82) is 0 Å². The highest BCUT2D eigenvalue weighted by molar-refractivity contribution is 7.99. The molecule has 2 aliphatic heterocycles. The molecule has 0 spiro atoms. The van der Waals surface area contributed by atoms with Crippen LogP contribution in [-0.2, 0) is 20.7 Å². The van der Waals surface area contributed by atoms with Gasteiger partial charge < -0.3 is 14.8 Å². The molecule has 0 bridgehead atoms. The lowest BCUT2D eigenvalue weighted by Crippen LogP contribution is -2.58. The molecule has 3 rings (SSSR count). The van der Waals surface area contributed by atoms with Crippen molar-refractivity contribution in [2.75, 3.05) is 18.6 Å². The monoisotopic (exact) mass is 335 g/mol. The van der Waals surface area contributed by atoms with E-state index in [2.05, 4.69) is 11.4 Å². The van der Waals surface area contributed by atoms with Gasteiger partial charge in [0.25, 0.3) is 5.91 Å². The number of hydrogen-bond donors (Lipinski definition) is 1. The minimum Gasteiger partial charge on any atom is -0.480 e. The van der Waals surface area contributed by atoms with E-state index in [1.165, 1.54) is 12.7 Å². The maximum absolute atomic E-state index is 12.6. The summed E-state index contributed by atoms with van der Waals surface area (Å²) >= 11 is 1.64. The van der Waals surface area contributed by atoms with Crippen molar-refractivity contribution in [2.24, 2.45) is 0 Å². The lowest BCUT2D eigenvalue weighted by atomic mass is 9.98. The topological polar surface area (TPSA) is 64.6 Å². The SMILES string of the molecule is COC(=O)C1(NC(=O)C2Cc3cc(C)c(C)cc3O2)CCSC1. The van der Waals surface area contributed by atoms with Gasteiger partial charge in [0.1, 0.15) is 11.3 Å². The number of thioether (sulfide) groups is 1. The number of methoxy groups -OCH3 is 1. The molecule has 6 heteroatoms. The maximum Gasteiger partial charge on any atom is 0.332 e. The Labute approximate surface area is 140 Å². The first kappa shape index (κ1) is 16.2. The van der Waals surface area contributed by atoms with E-state index >= 15 is 0 Å². The quantitative estimate of drug-likeness (QED) is 0.853. The molecule has 2 aliphatic rings. The van der Waals surface area contributed by atoms with Crippen LogP contribution in [0.1, 0.15) is 23.1 Å². The highest BCUT2D eigenvalue weighted by Crippen LogP contribution is 2.33. The average Bonchev–Trinajstić information content (AvgIpc) is 3.14. The molecule has 2 heterocycles. The zero-order chi connectivity index (χ0) is 16.6. The first-order chi connectivity index (χ1) is 10.9. The van der Waals surface area contributed by atoms with E-state index in [1.807, 2.05) is 19.9 Å². The van der Waals surface area contributed by atoms with Gasteiger partial charge in [0.15, 0.2) is 6.10 Å². The summed E-state index contributed by atoms with van der Waals surface area (Å²) in [7, 11) is 1.35. The van der Waals surface area contributed by atoms with Crippen molar-refractivity contribution < 1.29 is 19.1 Å². The van der Waals surface area contributed by atoms with Crippen LogP contribution < -0.4 is 10.1 Å². The van der Waals surface area contributed by atoms with Crippen LogP contribution in [0.2, 0.25) is 0 Å². The van der Waals surface area contributed by atoms with Gasteiger partial charge in [-0.3, -0.25) is 4.79 Å². The largest absolute Gasteiger partial charge is 0.480 e. The maximum atomic E-state index is 12.6. The Morgan fingerprint density at radius 3 is 2.74 bits per heavy atom. The molecule has 1 N–H and O–H groups in total. The molecule has 5 nitrogen and oxygen atoms in total. The molecule has 1 aromatic carbocycles. The third-order valence-electron chi connectivity index (χ3n) is 4.60. The highest BCUT2D eigenvalue weighted by Gasteiger charge is 2.46. The Morgan fingerprint density at radius 1 is 1.35 bits per heavy atom. The molecule has 0 saturated carbocycles. The summed E-state index contributed by atoms with van der Waals surface area (Å²) in [5.74, 6) is 1.52. The summed E-state index contributed by atoms with van der Waals surface area (Å²) in [6, 6.07) is 4.04. The smallest absolute Gasteiger partial charge is 0.332 e. The number of amides is 1. The minimum absolute atomic E-state index is 0.246. The first-order valence-electron chi connectivity index (χ1n) is 7.70. The molecule has 1 fully saturated rings. The van der Waals surface area contributed by atoms with Crippen molar-refractivity contribution in [3.8, 4) is 5.75 Å².